The van der Waals surface area contributed by atoms with Crippen molar-refractivity contribution in [1.82, 2.24) is 4.57 Å². The Kier molecular flexibility index (Phi) is 8.33. The molecular weight excluding hydrogens is 833 g/mol. The largest absolute Gasteiger partial charge is 0.310 e. The van der Waals surface area contributed by atoms with Crippen LogP contribution < -0.4 is 4.90 Å². The molecule has 3 aliphatic rings. The zero-order chi connectivity index (χ0) is 46.2. The number of para-hydroxylation sites is 2. The van der Waals surface area contributed by atoms with Gasteiger partial charge in [-0.05, 0) is 127 Å². The van der Waals surface area contributed by atoms with Crippen molar-refractivity contribution in [2.75, 3.05) is 4.90 Å². The SMILES string of the molecule is CC1(C)c2ccccc2-c2ccc(N(c3ccc4c(c3)C(C)(C)c3ccccc3-4)c3ccc4c(c3)C(c3ccccc3)(c3ccccc3)c3cccc(-n5c6ccccc6c6ccccc65)c3-4)cc21. The van der Waals surface area contributed by atoms with E-state index >= 15 is 0 Å². The summed E-state index contributed by atoms with van der Waals surface area (Å²) in [5.41, 5.74) is 24.4. The molecule has 1 aromatic heterocycles. The lowest BCUT2D eigenvalue weighted by Gasteiger charge is -2.35. The number of rotatable bonds is 6. The van der Waals surface area contributed by atoms with Gasteiger partial charge in [0.15, 0.2) is 0 Å². The van der Waals surface area contributed by atoms with Gasteiger partial charge in [0.05, 0.1) is 22.1 Å². The minimum absolute atomic E-state index is 0.159. The number of fused-ring (bicyclic) bond motifs is 12. The van der Waals surface area contributed by atoms with Crippen LogP contribution in [0.15, 0.2) is 231 Å². The molecule has 0 amide bonds. The van der Waals surface area contributed by atoms with Crippen molar-refractivity contribution in [1.29, 1.82) is 0 Å². The third-order valence-corrected chi connectivity index (χ3v) is 16.3. The van der Waals surface area contributed by atoms with Crippen molar-refractivity contribution in [2.24, 2.45) is 0 Å². The van der Waals surface area contributed by atoms with E-state index in [1.54, 1.807) is 0 Å². The van der Waals surface area contributed by atoms with Gasteiger partial charge in [0, 0.05) is 44.2 Å². The highest BCUT2D eigenvalue weighted by Gasteiger charge is 2.48. The van der Waals surface area contributed by atoms with Gasteiger partial charge in [-0.3, -0.25) is 0 Å². The van der Waals surface area contributed by atoms with E-state index in [-0.39, 0.29) is 10.8 Å². The van der Waals surface area contributed by atoms with E-state index < -0.39 is 5.41 Å². The molecule has 0 saturated carbocycles. The van der Waals surface area contributed by atoms with E-state index in [2.05, 4.69) is 268 Å². The molecule has 2 nitrogen and oxygen atoms in total. The van der Waals surface area contributed by atoms with E-state index in [4.69, 9.17) is 0 Å². The van der Waals surface area contributed by atoms with Crippen LogP contribution >= 0.6 is 0 Å². The van der Waals surface area contributed by atoms with Crippen LogP contribution in [-0.2, 0) is 16.2 Å². The second kappa shape index (κ2) is 14.4. The molecule has 328 valence electrons. The minimum atomic E-state index is -0.632. The topological polar surface area (TPSA) is 8.17 Å². The quantitative estimate of drug-likeness (QED) is 0.162. The number of anilines is 3. The fourth-order valence-corrected chi connectivity index (χ4v) is 13.1. The third kappa shape index (κ3) is 5.37. The van der Waals surface area contributed by atoms with E-state index in [0.29, 0.717) is 0 Å². The van der Waals surface area contributed by atoms with Gasteiger partial charge in [-0.25, -0.2) is 0 Å². The second-order valence-corrected chi connectivity index (χ2v) is 20.4. The zero-order valence-electron chi connectivity index (χ0n) is 39.3. The number of benzene rings is 10. The monoisotopic (exact) mass is 882 g/mol. The smallest absolute Gasteiger partial charge is 0.0715 e. The van der Waals surface area contributed by atoms with E-state index in [0.717, 1.165) is 17.1 Å². The van der Waals surface area contributed by atoms with Crippen molar-refractivity contribution in [3.8, 4) is 39.1 Å². The average molecular weight is 883 g/mol. The van der Waals surface area contributed by atoms with Gasteiger partial charge in [-0.1, -0.05) is 204 Å². The Hall–Kier alpha value is -8.20. The molecule has 2 heteroatoms. The number of aromatic nitrogens is 1. The first-order valence-corrected chi connectivity index (χ1v) is 24.4. The van der Waals surface area contributed by atoms with Gasteiger partial charge in [0.25, 0.3) is 0 Å². The highest BCUT2D eigenvalue weighted by molar-refractivity contribution is 6.10. The highest BCUT2D eigenvalue weighted by Crippen LogP contribution is 2.60. The standard InChI is InChI=1S/C67H50N2/c1-65(2)55-28-15-11-24-48(55)50-37-34-45(40-58(50)65)68(46-35-38-51-49-25-12-16-29-56(49)66(3,4)59(51)41-46)47-36-39-54-60(42-47)67(43-20-7-5-8-21-43,44-22-9-6-10-23-44)57-30-19-33-63(64(54)57)69-61-31-17-13-26-52(61)53-27-14-18-32-62(53)69/h5-42H,1-4H3. The molecule has 10 aromatic carbocycles. The summed E-state index contributed by atoms with van der Waals surface area (Å²) >= 11 is 0. The zero-order valence-corrected chi connectivity index (χ0v) is 39.3. The summed E-state index contributed by atoms with van der Waals surface area (Å²) in [5.74, 6) is 0. The maximum absolute atomic E-state index is 2.54. The van der Waals surface area contributed by atoms with Gasteiger partial charge >= 0.3 is 0 Å². The van der Waals surface area contributed by atoms with E-state index in [9.17, 15) is 0 Å². The Balaban J connectivity index is 1.06. The first kappa shape index (κ1) is 39.9. The first-order chi connectivity index (χ1) is 33.8. The van der Waals surface area contributed by atoms with Gasteiger partial charge in [0.2, 0.25) is 0 Å². The Morgan fingerprint density at radius 3 is 1.25 bits per heavy atom. The summed E-state index contributed by atoms with van der Waals surface area (Å²) in [5, 5.41) is 2.52. The summed E-state index contributed by atoms with van der Waals surface area (Å²) in [6.45, 7) is 9.54. The Morgan fingerprint density at radius 2 is 0.725 bits per heavy atom. The Morgan fingerprint density at radius 1 is 0.319 bits per heavy atom. The summed E-state index contributed by atoms with van der Waals surface area (Å²) in [4.78, 5) is 2.54. The normalized spacial score (nSPS) is 15.0. The van der Waals surface area contributed by atoms with E-state index in [1.807, 2.05) is 0 Å². The molecule has 0 radical (unpaired) electrons. The molecule has 14 rings (SSSR count). The van der Waals surface area contributed by atoms with Gasteiger partial charge in [-0.2, -0.15) is 0 Å². The number of nitrogens with zero attached hydrogens (tertiary/aromatic N) is 2. The lowest BCUT2D eigenvalue weighted by atomic mass is 9.67. The summed E-state index contributed by atoms with van der Waals surface area (Å²) in [7, 11) is 0. The van der Waals surface area contributed by atoms with Gasteiger partial charge < -0.3 is 9.47 Å². The van der Waals surface area contributed by atoms with Crippen LogP contribution in [0.5, 0.6) is 0 Å². The summed E-state index contributed by atoms with van der Waals surface area (Å²) in [6, 6.07) is 86.9. The Bertz CT molecular complexity index is 3710. The molecule has 0 saturated heterocycles. The van der Waals surface area contributed by atoms with Crippen LogP contribution in [0.4, 0.5) is 17.1 Å². The molecule has 0 N–H and O–H groups in total. The van der Waals surface area contributed by atoms with Gasteiger partial charge in [0.1, 0.15) is 0 Å². The fraction of sp³-hybridized carbons (Fsp3) is 0.104. The minimum Gasteiger partial charge on any atom is -0.310 e. The van der Waals surface area contributed by atoms with Crippen molar-refractivity contribution in [3.05, 3.63) is 275 Å². The molecule has 1 heterocycles. The molecule has 0 bridgehead atoms. The lowest BCUT2D eigenvalue weighted by Crippen LogP contribution is -2.29. The van der Waals surface area contributed by atoms with E-state index in [1.165, 1.54) is 105 Å². The molecule has 0 atom stereocenters. The predicted molar refractivity (Wildman–Crippen MR) is 288 cm³/mol. The molecule has 0 fully saturated rings. The predicted octanol–water partition coefficient (Wildman–Crippen LogP) is 17.2. The Labute approximate surface area is 404 Å². The highest BCUT2D eigenvalue weighted by atomic mass is 15.1. The van der Waals surface area contributed by atoms with Gasteiger partial charge in [-0.15, -0.1) is 0 Å². The van der Waals surface area contributed by atoms with Crippen molar-refractivity contribution in [2.45, 2.75) is 43.9 Å². The molecule has 0 aliphatic heterocycles. The maximum atomic E-state index is 2.54. The third-order valence-electron chi connectivity index (χ3n) is 16.3. The number of hydrogen-bond donors (Lipinski definition) is 0. The summed E-state index contributed by atoms with van der Waals surface area (Å²) in [6.07, 6.45) is 0. The molecule has 11 aromatic rings. The molecule has 0 spiro atoms. The van der Waals surface area contributed by atoms with Crippen LogP contribution in [0.25, 0.3) is 60.9 Å². The lowest BCUT2D eigenvalue weighted by molar-refractivity contribution is 0.660. The molecule has 69 heavy (non-hydrogen) atoms. The second-order valence-electron chi connectivity index (χ2n) is 20.4. The summed E-state index contributed by atoms with van der Waals surface area (Å²) < 4.78 is 2.51. The average Bonchev–Trinajstić information content (AvgIpc) is 4.04. The molecule has 3 aliphatic carbocycles. The van der Waals surface area contributed by atoms with Crippen molar-refractivity contribution < 1.29 is 0 Å². The number of hydrogen-bond acceptors (Lipinski definition) is 1. The maximum Gasteiger partial charge on any atom is 0.0715 e. The van der Waals surface area contributed by atoms with Crippen LogP contribution in [0, 0.1) is 0 Å². The fourth-order valence-electron chi connectivity index (χ4n) is 13.1. The first-order valence-electron chi connectivity index (χ1n) is 24.4. The van der Waals surface area contributed by atoms with Crippen molar-refractivity contribution in [3.63, 3.8) is 0 Å². The van der Waals surface area contributed by atoms with Crippen LogP contribution in [0.2, 0.25) is 0 Å². The van der Waals surface area contributed by atoms with Crippen molar-refractivity contribution >= 4 is 38.9 Å². The van der Waals surface area contributed by atoms with Crippen LogP contribution in [-0.4, -0.2) is 4.57 Å². The van der Waals surface area contributed by atoms with Crippen LogP contribution in [0.3, 0.4) is 0 Å². The molecular formula is C67H50N2. The molecule has 0 unspecified atom stereocenters. The van der Waals surface area contributed by atoms with Crippen LogP contribution in [0.1, 0.15) is 72.2 Å².